The van der Waals surface area contributed by atoms with Crippen LogP contribution in [0.5, 0.6) is 17.2 Å². The molecule has 0 spiro atoms. The summed E-state index contributed by atoms with van der Waals surface area (Å²) in [6.07, 6.45) is -12.5. The molecule has 29 heavy (non-hydrogen) atoms. The molecule has 1 aliphatic rings. The van der Waals surface area contributed by atoms with Crippen molar-refractivity contribution in [3.8, 4) is 17.2 Å². The normalized spacial score (nSPS) is 19.3. The van der Waals surface area contributed by atoms with E-state index in [4.69, 9.17) is 26.2 Å². The summed E-state index contributed by atoms with van der Waals surface area (Å²) in [4.78, 5) is 11.3. The van der Waals surface area contributed by atoms with Gasteiger partial charge in [-0.1, -0.05) is 11.6 Å². The molecule has 0 radical (unpaired) electrons. The van der Waals surface area contributed by atoms with Crippen molar-refractivity contribution in [2.45, 2.75) is 24.9 Å². The Morgan fingerprint density at radius 2 is 1.69 bits per heavy atom. The average Bonchev–Trinajstić information content (AvgIpc) is 2.59. The van der Waals surface area contributed by atoms with Crippen molar-refractivity contribution in [3.63, 3.8) is 0 Å². The summed E-state index contributed by atoms with van der Waals surface area (Å²) in [5.74, 6) is -3.87. The highest BCUT2D eigenvalue weighted by Crippen LogP contribution is 2.44. The van der Waals surface area contributed by atoms with Gasteiger partial charge in [0.05, 0.1) is 10.6 Å². The molecule has 2 aromatic carbocycles. The zero-order chi connectivity index (χ0) is 21.6. The van der Waals surface area contributed by atoms with Crippen LogP contribution in [-0.2, 0) is 17.4 Å². The van der Waals surface area contributed by atoms with Gasteiger partial charge in [0.2, 0.25) is 6.10 Å². The number of carboxylic acid groups (broad SMARTS) is 1. The Morgan fingerprint density at radius 3 is 2.21 bits per heavy atom. The number of hydrogen-bond acceptors (Lipinski definition) is 3. The number of fused-ring (bicyclic) bond motifs is 1. The Bertz CT molecular complexity index is 924. The predicted octanol–water partition coefficient (Wildman–Crippen LogP) is 5.72. The first kappa shape index (κ1) is 21.1. The van der Waals surface area contributed by atoms with E-state index < -0.39 is 42.3 Å². The van der Waals surface area contributed by atoms with Crippen LogP contribution >= 0.6 is 11.6 Å². The van der Waals surface area contributed by atoms with Crippen molar-refractivity contribution < 1.29 is 45.7 Å². The number of rotatable bonds is 3. The lowest BCUT2D eigenvalue weighted by atomic mass is 9.90. The van der Waals surface area contributed by atoms with Crippen LogP contribution in [0.1, 0.15) is 11.1 Å². The minimum absolute atomic E-state index is 0.00621. The highest BCUT2D eigenvalue weighted by molar-refractivity contribution is 6.32. The monoisotopic (exact) mass is 440 g/mol. The van der Waals surface area contributed by atoms with Gasteiger partial charge in [-0.3, -0.25) is 4.79 Å². The molecular formula is C18H11ClF6O4. The van der Waals surface area contributed by atoms with Crippen LogP contribution in [0.15, 0.2) is 36.4 Å². The zero-order valence-electron chi connectivity index (χ0n) is 14.1. The van der Waals surface area contributed by atoms with E-state index in [1.807, 2.05) is 0 Å². The third kappa shape index (κ3) is 4.52. The Kier molecular flexibility index (Phi) is 5.33. The predicted molar refractivity (Wildman–Crippen MR) is 88.3 cm³/mol. The fourth-order valence-electron chi connectivity index (χ4n) is 2.88. The minimum Gasteiger partial charge on any atom is -0.481 e. The van der Waals surface area contributed by atoms with Crippen molar-refractivity contribution >= 4 is 17.6 Å². The number of ether oxygens (including phenoxy) is 2. The summed E-state index contributed by atoms with van der Waals surface area (Å²) in [6.45, 7) is 0. The van der Waals surface area contributed by atoms with E-state index in [1.54, 1.807) is 0 Å². The summed E-state index contributed by atoms with van der Waals surface area (Å²) in [5.41, 5.74) is -0.809. The Labute approximate surface area is 164 Å². The maximum atomic E-state index is 13.1. The molecule has 0 fully saturated rings. The number of alkyl halides is 6. The molecule has 0 saturated carbocycles. The third-order valence-electron chi connectivity index (χ3n) is 4.20. The Balaban J connectivity index is 1.89. The summed E-state index contributed by atoms with van der Waals surface area (Å²) < 4.78 is 87.4. The molecule has 0 saturated heterocycles. The van der Waals surface area contributed by atoms with Crippen LogP contribution in [0.3, 0.4) is 0 Å². The van der Waals surface area contributed by atoms with Gasteiger partial charge in [0.1, 0.15) is 23.2 Å². The van der Waals surface area contributed by atoms with Gasteiger partial charge in [0.25, 0.3) is 0 Å². The second kappa shape index (κ2) is 7.33. The van der Waals surface area contributed by atoms with E-state index in [1.165, 1.54) is 6.07 Å². The molecule has 1 heterocycles. The number of carboxylic acids is 1. The highest BCUT2D eigenvalue weighted by atomic mass is 35.5. The van der Waals surface area contributed by atoms with E-state index in [9.17, 15) is 31.1 Å². The topological polar surface area (TPSA) is 55.8 Å². The van der Waals surface area contributed by atoms with Crippen LogP contribution < -0.4 is 9.47 Å². The van der Waals surface area contributed by atoms with Crippen LogP contribution in [0.2, 0.25) is 5.02 Å². The van der Waals surface area contributed by atoms with E-state index >= 15 is 0 Å². The second-order valence-electron chi connectivity index (χ2n) is 6.25. The van der Waals surface area contributed by atoms with E-state index in [-0.39, 0.29) is 27.8 Å². The van der Waals surface area contributed by atoms with Gasteiger partial charge < -0.3 is 14.6 Å². The van der Waals surface area contributed by atoms with E-state index in [0.29, 0.717) is 0 Å². The van der Waals surface area contributed by atoms with Crippen LogP contribution in [0, 0.1) is 5.92 Å². The number of halogens is 7. The van der Waals surface area contributed by atoms with Gasteiger partial charge in [-0.25, -0.2) is 0 Å². The maximum Gasteiger partial charge on any atom is 0.426 e. The van der Waals surface area contributed by atoms with Crippen LogP contribution in [0.25, 0.3) is 0 Å². The molecule has 1 aliphatic heterocycles. The standard InChI is InChI=1S/C18H11ClF6O4/c19-13-7-11(28-10-3-1-9(2-4-10)17(20,21)22)5-8-6-12(16(26)27)15(18(23,24)25)29-14(8)13/h1-5,7,12,15H,6H2,(H,26,27)/t12-,15+/m1/s1. The molecule has 2 atom stereocenters. The Hall–Kier alpha value is -2.62. The SMILES string of the molecule is O=C(O)[C@@H]1Cc2cc(Oc3ccc(C(F)(F)F)cc3)cc(Cl)c2O[C@@H]1C(F)(F)F. The van der Waals surface area contributed by atoms with Gasteiger partial charge in [-0.15, -0.1) is 0 Å². The molecule has 3 rings (SSSR count). The highest BCUT2D eigenvalue weighted by Gasteiger charge is 2.52. The van der Waals surface area contributed by atoms with Gasteiger partial charge in [-0.05, 0) is 36.8 Å². The summed E-state index contributed by atoms with van der Waals surface area (Å²) in [7, 11) is 0. The Morgan fingerprint density at radius 1 is 1.07 bits per heavy atom. The lowest BCUT2D eigenvalue weighted by molar-refractivity contribution is -0.217. The molecule has 0 amide bonds. The fraction of sp³-hybridized carbons (Fsp3) is 0.278. The van der Waals surface area contributed by atoms with Crippen molar-refractivity contribution in [2.24, 2.45) is 5.92 Å². The summed E-state index contributed by atoms with van der Waals surface area (Å²) >= 11 is 5.97. The average molecular weight is 441 g/mol. The first-order chi connectivity index (χ1) is 13.4. The van der Waals surface area contributed by atoms with Crippen molar-refractivity contribution in [1.82, 2.24) is 0 Å². The zero-order valence-corrected chi connectivity index (χ0v) is 14.9. The van der Waals surface area contributed by atoms with E-state index in [2.05, 4.69) is 0 Å². The lowest BCUT2D eigenvalue weighted by Crippen LogP contribution is -2.47. The lowest BCUT2D eigenvalue weighted by Gasteiger charge is -2.33. The minimum atomic E-state index is -4.92. The molecule has 0 aromatic heterocycles. The van der Waals surface area contributed by atoms with Gasteiger partial charge in [0.15, 0.2) is 0 Å². The van der Waals surface area contributed by atoms with Gasteiger partial charge in [0, 0.05) is 11.6 Å². The number of benzene rings is 2. The fourth-order valence-corrected chi connectivity index (χ4v) is 3.15. The van der Waals surface area contributed by atoms with Crippen LogP contribution in [0.4, 0.5) is 26.3 Å². The van der Waals surface area contributed by atoms with Crippen LogP contribution in [-0.4, -0.2) is 23.4 Å². The largest absolute Gasteiger partial charge is 0.481 e. The molecular weight excluding hydrogens is 430 g/mol. The molecule has 0 unspecified atom stereocenters. The van der Waals surface area contributed by atoms with Crippen molar-refractivity contribution in [3.05, 3.63) is 52.5 Å². The molecule has 0 bridgehead atoms. The number of carbonyl (C=O) groups is 1. The molecule has 11 heteroatoms. The third-order valence-corrected chi connectivity index (χ3v) is 4.48. The summed E-state index contributed by atoms with van der Waals surface area (Å²) in [6, 6.07) is 6.09. The molecule has 156 valence electrons. The maximum absolute atomic E-state index is 13.1. The quantitative estimate of drug-likeness (QED) is 0.620. The first-order valence-electron chi connectivity index (χ1n) is 8.00. The molecule has 0 aliphatic carbocycles. The molecule has 1 N–H and O–H groups in total. The molecule has 2 aromatic rings. The first-order valence-corrected chi connectivity index (χ1v) is 8.38. The molecule has 4 nitrogen and oxygen atoms in total. The number of hydrogen-bond donors (Lipinski definition) is 1. The van der Waals surface area contributed by atoms with Gasteiger partial charge in [-0.2, -0.15) is 26.3 Å². The smallest absolute Gasteiger partial charge is 0.426 e. The second-order valence-corrected chi connectivity index (χ2v) is 6.65. The van der Waals surface area contributed by atoms with Crippen molar-refractivity contribution in [2.75, 3.05) is 0 Å². The van der Waals surface area contributed by atoms with E-state index in [0.717, 1.165) is 30.3 Å². The summed E-state index contributed by atoms with van der Waals surface area (Å²) in [5, 5.41) is 8.88. The van der Waals surface area contributed by atoms with Gasteiger partial charge >= 0.3 is 18.3 Å². The van der Waals surface area contributed by atoms with Crippen molar-refractivity contribution in [1.29, 1.82) is 0 Å². The number of aliphatic carboxylic acids is 1.